The van der Waals surface area contributed by atoms with Gasteiger partial charge in [0.15, 0.2) is 0 Å². The van der Waals surface area contributed by atoms with Crippen LogP contribution in [0.15, 0.2) is 18.7 Å². The second-order valence-corrected chi connectivity index (χ2v) is 4.86. The average molecular weight is 216 g/mol. The maximum Gasteiger partial charge on any atom is 0.131 e. The molecule has 0 atom stereocenters. The first-order valence-corrected chi connectivity index (χ1v) is 6.14. The van der Waals surface area contributed by atoms with E-state index in [0.29, 0.717) is 11.8 Å². The lowest BCUT2D eigenvalue weighted by Gasteiger charge is -2.25. The highest BCUT2D eigenvalue weighted by molar-refractivity contribution is 5.11. The van der Waals surface area contributed by atoms with E-state index in [9.17, 15) is 0 Å². The molecule has 2 nitrogen and oxygen atoms in total. The van der Waals surface area contributed by atoms with Crippen LogP contribution in [-0.4, -0.2) is 9.97 Å². The molecule has 1 aliphatic carbocycles. The maximum absolute atomic E-state index is 4.57. The summed E-state index contributed by atoms with van der Waals surface area (Å²) in [5.74, 6) is 2.33. The van der Waals surface area contributed by atoms with Crippen LogP contribution in [0.4, 0.5) is 0 Å². The molecule has 16 heavy (non-hydrogen) atoms. The molecule has 2 heteroatoms. The van der Waals surface area contributed by atoms with E-state index < -0.39 is 0 Å². The molecule has 86 valence electrons. The van der Waals surface area contributed by atoms with Crippen molar-refractivity contribution in [2.24, 2.45) is 5.92 Å². The van der Waals surface area contributed by atoms with Crippen LogP contribution >= 0.6 is 0 Å². The molecular formula is C14H20N2. The Morgan fingerprint density at radius 1 is 1.12 bits per heavy atom. The Balaban J connectivity index is 2.10. The van der Waals surface area contributed by atoms with Gasteiger partial charge in [-0.3, -0.25) is 0 Å². The zero-order valence-electron chi connectivity index (χ0n) is 10.2. The van der Waals surface area contributed by atoms with E-state index in [1.165, 1.54) is 25.7 Å². The molecule has 0 spiro atoms. The summed E-state index contributed by atoms with van der Waals surface area (Å²) in [4.78, 5) is 9.14. The summed E-state index contributed by atoms with van der Waals surface area (Å²) in [5.41, 5.74) is 2.18. The quantitative estimate of drug-likeness (QED) is 0.706. The van der Waals surface area contributed by atoms with E-state index in [1.807, 2.05) is 19.9 Å². The first-order chi connectivity index (χ1) is 7.69. The molecule has 2 rings (SSSR count). The van der Waals surface area contributed by atoms with Gasteiger partial charge in [-0.15, -0.1) is 6.58 Å². The van der Waals surface area contributed by atoms with Crippen LogP contribution in [-0.2, 0) is 0 Å². The Morgan fingerprint density at radius 2 is 1.69 bits per heavy atom. The first-order valence-electron chi connectivity index (χ1n) is 6.14. The lowest BCUT2D eigenvalue weighted by Crippen LogP contribution is -2.14. The number of aryl methyl sites for hydroxylation is 2. The number of rotatable bonds is 2. The predicted molar refractivity (Wildman–Crippen MR) is 66.4 cm³/mol. The van der Waals surface area contributed by atoms with E-state index in [2.05, 4.69) is 22.6 Å². The molecule has 0 N–H and O–H groups in total. The fourth-order valence-electron chi connectivity index (χ4n) is 2.55. The molecule has 1 saturated carbocycles. The molecule has 0 bridgehead atoms. The van der Waals surface area contributed by atoms with E-state index in [0.717, 1.165) is 17.2 Å². The third-order valence-electron chi connectivity index (χ3n) is 3.47. The minimum Gasteiger partial charge on any atom is -0.238 e. The summed E-state index contributed by atoms with van der Waals surface area (Å²) in [7, 11) is 0. The van der Waals surface area contributed by atoms with Crippen molar-refractivity contribution in [3.8, 4) is 0 Å². The highest BCUT2D eigenvalue weighted by Crippen LogP contribution is 2.34. The molecule has 0 aromatic carbocycles. The Morgan fingerprint density at radius 3 is 2.19 bits per heavy atom. The Bertz CT molecular complexity index is 356. The molecule has 1 fully saturated rings. The number of hydrogen-bond acceptors (Lipinski definition) is 2. The minimum absolute atomic E-state index is 0.565. The van der Waals surface area contributed by atoms with Crippen LogP contribution in [0.1, 0.15) is 48.8 Å². The molecule has 0 amide bonds. The highest BCUT2D eigenvalue weighted by Gasteiger charge is 2.22. The van der Waals surface area contributed by atoms with Crippen molar-refractivity contribution < 1.29 is 0 Å². The largest absolute Gasteiger partial charge is 0.238 e. The highest BCUT2D eigenvalue weighted by atomic mass is 14.9. The van der Waals surface area contributed by atoms with Gasteiger partial charge in [0, 0.05) is 17.3 Å². The van der Waals surface area contributed by atoms with Gasteiger partial charge in [-0.2, -0.15) is 0 Å². The molecule has 1 heterocycles. The number of allylic oxidation sites excluding steroid dienone is 1. The Hall–Kier alpha value is -1.18. The SMILES string of the molecule is C=CC1CCC(c2nc(C)cc(C)n2)CC1. The van der Waals surface area contributed by atoms with Crippen molar-refractivity contribution in [2.45, 2.75) is 45.4 Å². The molecular weight excluding hydrogens is 196 g/mol. The van der Waals surface area contributed by atoms with Crippen molar-refractivity contribution in [2.75, 3.05) is 0 Å². The third kappa shape index (κ3) is 2.49. The maximum atomic E-state index is 4.57. The molecule has 1 aliphatic rings. The summed E-state index contributed by atoms with van der Waals surface area (Å²) >= 11 is 0. The second-order valence-electron chi connectivity index (χ2n) is 4.86. The van der Waals surface area contributed by atoms with Gasteiger partial charge in [-0.05, 0) is 51.5 Å². The van der Waals surface area contributed by atoms with E-state index >= 15 is 0 Å². The zero-order valence-corrected chi connectivity index (χ0v) is 10.2. The minimum atomic E-state index is 0.565. The normalized spacial score (nSPS) is 25.4. The zero-order chi connectivity index (χ0) is 11.5. The van der Waals surface area contributed by atoms with Crippen LogP contribution < -0.4 is 0 Å². The van der Waals surface area contributed by atoms with Gasteiger partial charge in [0.25, 0.3) is 0 Å². The van der Waals surface area contributed by atoms with Crippen molar-refractivity contribution in [3.63, 3.8) is 0 Å². The smallest absolute Gasteiger partial charge is 0.131 e. The van der Waals surface area contributed by atoms with Crippen molar-refractivity contribution in [1.29, 1.82) is 0 Å². The van der Waals surface area contributed by atoms with Gasteiger partial charge >= 0.3 is 0 Å². The monoisotopic (exact) mass is 216 g/mol. The number of nitrogens with zero attached hydrogens (tertiary/aromatic N) is 2. The third-order valence-corrected chi connectivity index (χ3v) is 3.47. The lowest BCUT2D eigenvalue weighted by molar-refractivity contribution is 0.365. The fraction of sp³-hybridized carbons (Fsp3) is 0.571. The molecule has 1 aromatic rings. The van der Waals surface area contributed by atoms with Crippen LogP contribution in [0.5, 0.6) is 0 Å². The van der Waals surface area contributed by atoms with Crippen LogP contribution in [0.25, 0.3) is 0 Å². The summed E-state index contributed by atoms with van der Waals surface area (Å²) in [6.45, 7) is 7.98. The number of hydrogen-bond donors (Lipinski definition) is 0. The van der Waals surface area contributed by atoms with Gasteiger partial charge < -0.3 is 0 Å². The molecule has 0 unspecified atom stereocenters. The molecule has 0 saturated heterocycles. The Labute approximate surface area is 97.8 Å². The topological polar surface area (TPSA) is 25.8 Å². The molecule has 0 aliphatic heterocycles. The van der Waals surface area contributed by atoms with Gasteiger partial charge in [-0.25, -0.2) is 9.97 Å². The average Bonchev–Trinajstić information content (AvgIpc) is 2.28. The van der Waals surface area contributed by atoms with Crippen LogP contribution in [0.3, 0.4) is 0 Å². The molecule has 1 aromatic heterocycles. The van der Waals surface area contributed by atoms with Gasteiger partial charge in [0.2, 0.25) is 0 Å². The summed E-state index contributed by atoms with van der Waals surface area (Å²) in [6.07, 6.45) is 6.99. The fourth-order valence-corrected chi connectivity index (χ4v) is 2.55. The Kier molecular flexibility index (Phi) is 3.37. The van der Waals surface area contributed by atoms with Crippen LogP contribution in [0, 0.1) is 19.8 Å². The van der Waals surface area contributed by atoms with Gasteiger partial charge in [0.05, 0.1) is 0 Å². The van der Waals surface area contributed by atoms with Gasteiger partial charge in [-0.1, -0.05) is 6.08 Å². The second kappa shape index (κ2) is 4.77. The van der Waals surface area contributed by atoms with Crippen molar-refractivity contribution in [1.82, 2.24) is 9.97 Å². The lowest BCUT2D eigenvalue weighted by atomic mass is 9.81. The molecule has 0 radical (unpaired) electrons. The summed E-state index contributed by atoms with van der Waals surface area (Å²) < 4.78 is 0. The van der Waals surface area contributed by atoms with Crippen LogP contribution in [0.2, 0.25) is 0 Å². The van der Waals surface area contributed by atoms with Crippen molar-refractivity contribution in [3.05, 3.63) is 35.9 Å². The number of aromatic nitrogens is 2. The van der Waals surface area contributed by atoms with Crippen molar-refractivity contribution >= 4 is 0 Å². The predicted octanol–water partition coefficient (Wildman–Crippen LogP) is 3.55. The summed E-state index contributed by atoms with van der Waals surface area (Å²) in [5, 5.41) is 0. The van der Waals surface area contributed by atoms with E-state index in [-0.39, 0.29) is 0 Å². The first kappa shape index (κ1) is 11.3. The van der Waals surface area contributed by atoms with E-state index in [1.54, 1.807) is 0 Å². The van der Waals surface area contributed by atoms with E-state index in [4.69, 9.17) is 0 Å². The standard InChI is InChI=1S/C14H20N2/c1-4-12-5-7-13(8-6-12)14-15-10(2)9-11(3)16-14/h4,9,12-13H,1,5-8H2,2-3H3. The summed E-state index contributed by atoms with van der Waals surface area (Å²) in [6, 6.07) is 2.04. The van der Waals surface area contributed by atoms with Gasteiger partial charge in [0.1, 0.15) is 5.82 Å².